The lowest BCUT2D eigenvalue weighted by molar-refractivity contribution is 0.523. The molecule has 3 heteroatoms. The number of nitrogens with two attached hydrogens (primary N) is 1. The zero-order valence-electron chi connectivity index (χ0n) is 11.3. The third-order valence-corrected chi connectivity index (χ3v) is 3.36. The van der Waals surface area contributed by atoms with Crippen molar-refractivity contribution in [2.75, 3.05) is 5.73 Å². The minimum atomic E-state index is -0.339. The standard InChI is InChI=1S/C16H17ClFN/c1-16(2,3)13-8-11(9-14(17)15(13)18)10-4-6-12(19)7-5-10/h4-9H,19H2,1-3H3. The highest BCUT2D eigenvalue weighted by atomic mass is 35.5. The van der Waals surface area contributed by atoms with E-state index in [1.54, 1.807) is 6.07 Å². The van der Waals surface area contributed by atoms with Gasteiger partial charge in [-0.2, -0.15) is 0 Å². The van der Waals surface area contributed by atoms with Gasteiger partial charge in [0.25, 0.3) is 0 Å². The van der Waals surface area contributed by atoms with E-state index < -0.39 is 0 Å². The third-order valence-electron chi connectivity index (χ3n) is 3.08. The van der Waals surface area contributed by atoms with Crippen molar-refractivity contribution in [2.24, 2.45) is 0 Å². The molecule has 0 unspecified atom stereocenters. The molecule has 2 rings (SSSR count). The maximum Gasteiger partial charge on any atom is 0.145 e. The van der Waals surface area contributed by atoms with Crippen molar-refractivity contribution in [1.82, 2.24) is 0 Å². The first-order valence-electron chi connectivity index (χ1n) is 6.14. The van der Waals surface area contributed by atoms with Crippen LogP contribution in [0.15, 0.2) is 36.4 Å². The van der Waals surface area contributed by atoms with Gasteiger partial charge >= 0.3 is 0 Å². The summed E-state index contributed by atoms with van der Waals surface area (Å²) in [5.41, 5.74) is 8.57. The molecule has 0 amide bonds. The molecule has 0 heterocycles. The van der Waals surface area contributed by atoms with Gasteiger partial charge < -0.3 is 5.73 Å². The molecule has 0 aliphatic heterocycles. The highest BCUT2D eigenvalue weighted by molar-refractivity contribution is 6.31. The minimum absolute atomic E-state index is 0.152. The molecule has 1 nitrogen and oxygen atoms in total. The molecular weight excluding hydrogens is 261 g/mol. The van der Waals surface area contributed by atoms with Gasteiger partial charge in [-0.1, -0.05) is 44.5 Å². The average Bonchev–Trinajstić information content (AvgIpc) is 2.32. The Balaban J connectivity index is 2.60. The second-order valence-electron chi connectivity index (χ2n) is 5.69. The maximum atomic E-state index is 14.1. The number of hydrogen-bond donors (Lipinski definition) is 1. The van der Waals surface area contributed by atoms with Crippen LogP contribution in [0.3, 0.4) is 0 Å². The summed E-state index contributed by atoms with van der Waals surface area (Å²) >= 11 is 6.01. The summed E-state index contributed by atoms with van der Waals surface area (Å²) in [6.45, 7) is 5.90. The average molecular weight is 278 g/mol. The highest BCUT2D eigenvalue weighted by Crippen LogP contribution is 2.34. The van der Waals surface area contributed by atoms with E-state index in [4.69, 9.17) is 17.3 Å². The zero-order valence-corrected chi connectivity index (χ0v) is 12.1. The Morgan fingerprint density at radius 3 is 2.11 bits per heavy atom. The highest BCUT2D eigenvalue weighted by Gasteiger charge is 2.21. The molecule has 0 saturated carbocycles. The topological polar surface area (TPSA) is 26.0 Å². The van der Waals surface area contributed by atoms with Crippen molar-refractivity contribution < 1.29 is 4.39 Å². The Kier molecular flexibility index (Phi) is 3.55. The van der Waals surface area contributed by atoms with Crippen molar-refractivity contribution in [3.8, 4) is 11.1 Å². The maximum absolute atomic E-state index is 14.1. The first-order chi connectivity index (χ1) is 8.79. The van der Waals surface area contributed by atoms with Gasteiger partial charge in [0.15, 0.2) is 0 Å². The van der Waals surface area contributed by atoms with Crippen molar-refractivity contribution in [1.29, 1.82) is 0 Å². The van der Waals surface area contributed by atoms with Crippen LogP contribution in [0.5, 0.6) is 0 Å². The second-order valence-corrected chi connectivity index (χ2v) is 6.10. The van der Waals surface area contributed by atoms with Gasteiger partial charge in [-0.15, -0.1) is 0 Å². The minimum Gasteiger partial charge on any atom is -0.399 e. The molecule has 0 bridgehead atoms. The monoisotopic (exact) mass is 277 g/mol. The molecular formula is C16H17ClFN. The summed E-state index contributed by atoms with van der Waals surface area (Å²) in [5, 5.41) is 0.152. The van der Waals surface area contributed by atoms with E-state index in [1.807, 2.05) is 51.1 Å². The van der Waals surface area contributed by atoms with Crippen LogP contribution in [0.4, 0.5) is 10.1 Å². The molecule has 100 valence electrons. The quantitative estimate of drug-likeness (QED) is 0.727. The van der Waals surface area contributed by atoms with E-state index in [2.05, 4.69) is 0 Å². The fraction of sp³-hybridized carbons (Fsp3) is 0.250. The summed E-state index contributed by atoms with van der Waals surface area (Å²) in [5.74, 6) is -0.339. The lowest BCUT2D eigenvalue weighted by Gasteiger charge is -2.21. The molecule has 0 spiro atoms. The Hall–Kier alpha value is -1.54. The van der Waals surface area contributed by atoms with Crippen LogP contribution in [-0.2, 0) is 5.41 Å². The molecule has 0 atom stereocenters. The van der Waals surface area contributed by atoms with Crippen molar-refractivity contribution in [2.45, 2.75) is 26.2 Å². The fourth-order valence-corrected chi connectivity index (χ4v) is 2.20. The molecule has 0 aromatic heterocycles. The Morgan fingerprint density at radius 1 is 1.00 bits per heavy atom. The molecule has 19 heavy (non-hydrogen) atoms. The number of anilines is 1. The van der Waals surface area contributed by atoms with Gasteiger partial charge in [0.1, 0.15) is 5.82 Å². The number of halogens is 2. The molecule has 0 radical (unpaired) electrons. The predicted molar refractivity (Wildman–Crippen MR) is 80.0 cm³/mol. The van der Waals surface area contributed by atoms with Crippen molar-refractivity contribution >= 4 is 17.3 Å². The van der Waals surface area contributed by atoms with E-state index in [0.29, 0.717) is 11.3 Å². The van der Waals surface area contributed by atoms with Gasteiger partial charge in [-0.05, 0) is 46.4 Å². The summed E-state index contributed by atoms with van der Waals surface area (Å²) < 4.78 is 14.1. The third kappa shape index (κ3) is 2.90. The van der Waals surface area contributed by atoms with Crippen LogP contribution in [0.25, 0.3) is 11.1 Å². The SMILES string of the molecule is CC(C)(C)c1cc(-c2ccc(N)cc2)cc(Cl)c1F. The zero-order chi connectivity index (χ0) is 14.2. The summed E-state index contributed by atoms with van der Waals surface area (Å²) in [7, 11) is 0. The van der Waals surface area contributed by atoms with Crippen LogP contribution in [-0.4, -0.2) is 0 Å². The Bertz CT molecular complexity index is 597. The Labute approximate surface area is 118 Å². The largest absolute Gasteiger partial charge is 0.399 e. The van der Waals surface area contributed by atoms with Crippen molar-refractivity contribution in [3.05, 3.63) is 52.8 Å². The van der Waals surface area contributed by atoms with E-state index in [9.17, 15) is 4.39 Å². The van der Waals surface area contributed by atoms with Crippen LogP contribution in [0, 0.1) is 5.82 Å². The molecule has 2 aromatic rings. The van der Waals surface area contributed by atoms with Crippen molar-refractivity contribution in [3.63, 3.8) is 0 Å². The van der Waals surface area contributed by atoms with Crippen LogP contribution < -0.4 is 5.73 Å². The van der Waals surface area contributed by atoms with Gasteiger partial charge in [-0.25, -0.2) is 4.39 Å². The second kappa shape index (κ2) is 4.86. The number of hydrogen-bond acceptors (Lipinski definition) is 1. The Morgan fingerprint density at radius 2 is 1.58 bits per heavy atom. The lowest BCUT2D eigenvalue weighted by atomic mass is 9.85. The summed E-state index contributed by atoms with van der Waals surface area (Å²) in [6.07, 6.45) is 0. The van der Waals surface area contributed by atoms with Gasteiger partial charge in [0.2, 0.25) is 0 Å². The summed E-state index contributed by atoms with van der Waals surface area (Å²) in [6, 6.07) is 11.0. The van der Waals surface area contributed by atoms with Crippen LogP contribution >= 0.6 is 11.6 Å². The number of benzene rings is 2. The van der Waals surface area contributed by atoms with E-state index in [1.165, 1.54) is 0 Å². The first kappa shape index (κ1) is 13.9. The van der Waals surface area contributed by atoms with E-state index in [0.717, 1.165) is 11.1 Å². The van der Waals surface area contributed by atoms with Gasteiger partial charge in [0, 0.05) is 5.69 Å². The molecule has 2 N–H and O–H groups in total. The van der Waals surface area contributed by atoms with Gasteiger partial charge in [0.05, 0.1) is 5.02 Å². The van der Waals surface area contributed by atoms with E-state index >= 15 is 0 Å². The smallest absolute Gasteiger partial charge is 0.145 e. The molecule has 0 aliphatic rings. The van der Waals surface area contributed by atoms with Gasteiger partial charge in [-0.3, -0.25) is 0 Å². The number of nitrogen functional groups attached to an aromatic ring is 1. The van der Waals surface area contributed by atoms with E-state index in [-0.39, 0.29) is 16.3 Å². The van der Waals surface area contributed by atoms with Crippen LogP contribution in [0.1, 0.15) is 26.3 Å². The number of rotatable bonds is 1. The normalized spacial score (nSPS) is 11.6. The lowest BCUT2D eigenvalue weighted by Crippen LogP contribution is -2.14. The first-order valence-corrected chi connectivity index (χ1v) is 6.52. The molecule has 0 aliphatic carbocycles. The molecule has 0 saturated heterocycles. The van der Waals surface area contributed by atoms with Crippen LogP contribution in [0.2, 0.25) is 5.02 Å². The fourth-order valence-electron chi connectivity index (χ4n) is 1.98. The molecule has 0 fully saturated rings. The molecule has 2 aromatic carbocycles. The predicted octanol–water partition coefficient (Wildman–Crippen LogP) is 5.03. The summed E-state index contributed by atoms with van der Waals surface area (Å²) in [4.78, 5) is 0.